The predicted molar refractivity (Wildman–Crippen MR) is 69.5 cm³/mol. The first-order valence-corrected chi connectivity index (χ1v) is 6.10. The summed E-state index contributed by atoms with van der Waals surface area (Å²) in [7, 11) is 1.67. The summed E-state index contributed by atoms with van der Waals surface area (Å²) in [6.45, 7) is 7.99. The van der Waals surface area contributed by atoms with Crippen LogP contribution < -0.4 is 5.32 Å². The van der Waals surface area contributed by atoms with Crippen LogP contribution in [-0.4, -0.2) is 36.9 Å². The zero-order chi connectivity index (χ0) is 14.3. The van der Waals surface area contributed by atoms with Crippen LogP contribution in [-0.2, 0) is 9.59 Å². The highest BCUT2D eigenvalue weighted by Crippen LogP contribution is 2.12. The number of rotatable bonds is 5. The van der Waals surface area contributed by atoms with E-state index in [0.717, 1.165) is 0 Å². The van der Waals surface area contributed by atoms with Crippen LogP contribution >= 0.6 is 0 Å². The standard InChI is InChI=1S/C13H23N3O2/c1-10(8-14)9-16(5)11(17)6-7-15-12(18)13(2,3)4/h10H,6-7,9H2,1-5H3,(H,15,18)/t10-/m1/s1. The Morgan fingerprint density at radius 2 is 1.94 bits per heavy atom. The van der Waals surface area contributed by atoms with Crippen molar-refractivity contribution in [3.8, 4) is 6.07 Å². The molecule has 0 saturated heterocycles. The lowest BCUT2D eigenvalue weighted by atomic mass is 9.96. The van der Waals surface area contributed by atoms with Crippen LogP contribution in [0.2, 0.25) is 0 Å². The number of nitrogens with one attached hydrogen (secondary N) is 1. The normalized spacial score (nSPS) is 12.4. The minimum atomic E-state index is -0.440. The fourth-order valence-corrected chi connectivity index (χ4v) is 1.29. The minimum absolute atomic E-state index is 0.0636. The molecule has 0 heterocycles. The Morgan fingerprint density at radius 3 is 2.39 bits per heavy atom. The van der Waals surface area contributed by atoms with E-state index < -0.39 is 5.41 Å². The second-order valence-electron chi connectivity index (χ2n) is 5.56. The summed E-state index contributed by atoms with van der Waals surface area (Å²) in [6.07, 6.45) is 0.260. The van der Waals surface area contributed by atoms with Crippen molar-refractivity contribution < 1.29 is 9.59 Å². The maximum absolute atomic E-state index is 11.7. The highest BCUT2D eigenvalue weighted by atomic mass is 16.2. The average Bonchev–Trinajstić information content (AvgIpc) is 2.26. The van der Waals surface area contributed by atoms with Gasteiger partial charge in [0.05, 0.1) is 12.0 Å². The first kappa shape index (κ1) is 16.4. The van der Waals surface area contributed by atoms with E-state index in [0.29, 0.717) is 13.1 Å². The van der Waals surface area contributed by atoms with Crippen molar-refractivity contribution >= 4 is 11.8 Å². The summed E-state index contributed by atoms with van der Waals surface area (Å²) >= 11 is 0. The zero-order valence-electron chi connectivity index (χ0n) is 11.9. The van der Waals surface area contributed by atoms with Gasteiger partial charge in [0.25, 0.3) is 0 Å². The van der Waals surface area contributed by atoms with Gasteiger partial charge in [-0.05, 0) is 6.92 Å². The van der Waals surface area contributed by atoms with Crippen LogP contribution in [0.15, 0.2) is 0 Å². The van der Waals surface area contributed by atoms with Gasteiger partial charge in [-0.25, -0.2) is 0 Å². The van der Waals surface area contributed by atoms with Gasteiger partial charge >= 0.3 is 0 Å². The lowest BCUT2D eigenvalue weighted by molar-refractivity contribution is -0.131. The molecule has 0 aliphatic carbocycles. The van der Waals surface area contributed by atoms with Crippen molar-refractivity contribution in [2.45, 2.75) is 34.1 Å². The first-order chi connectivity index (χ1) is 8.18. The molecule has 5 heteroatoms. The SMILES string of the molecule is C[C@H](C#N)CN(C)C(=O)CCNC(=O)C(C)(C)C. The highest BCUT2D eigenvalue weighted by Gasteiger charge is 2.21. The summed E-state index contributed by atoms with van der Waals surface area (Å²) in [5.41, 5.74) is -0.440. The van der Waals surface area contributed by atoms with Gasteiger partial charge in [-0.2, -0.15) is 5.26 Å². The molecule has 0 spiro atoms. The Hall–Kier alpha value is -1.57. The van der Waals surface area contributed by atoms with E-state index in [1.807, 2.05) is 20.8 Å². The molecule has 18 heavy (non-hydrogen) atoms. The summed E-state index contributed by atoms with van der Waals surface area (Å²) in [4.78, 5) is 24.8. The first-order valence-electron chi connectivity index (χ1n) is 6.10. The smallest absolute Gasteiger partial charge is 0.225 e. The van der Waals surface area contributed by atoms with Crippen LogP contribution in [0.3, 0.4) is 0 Å². The molecule has 1 N–H and O–H groups in total. The molecule has 0 radical (unpaired) electrons. The largest absolute Gasteiger partial charge is 0.355 e. The second-order valence-corrected chi connectivity index (χ2v) is 5.56. The van der Waals surface area contributed by atoms with E-state index in [2.05, 4.69) is 11.4 Å². The van der Waals surface area contributed by atoms with Crippen LogP contribution in [0.25, 0.3) is 0 Å². The molecule has 0 saturated carbocycles. The monoisotopic (exact) mass is 253 g/mol. The number of hydrogen-bond acceptors (Lipinski definition) is 3. The molecular weight excluding hydrogens is 230 g/mol. The number of nitrogens with zero attached hydrogens (tertiary/aromatic N) is 2. The molecule has 0 aromatic rings. The fraction of sp³-hybridized carbons (Fsp3) is 0.769. The summed E-state index contributed by atoms with van der Waals surface area (Å²) < 4.78 is 0. The van der Waals surface area contributed by atoms with Crippen LogP contribution in [0.1, 0.15) is 34.1 Å². The summed E-state index contributed by atoms with van der Waals surface area (Å²) in [5.74, 6) is -0.308. The van der Waals surface area contributed by atoms with Crippen molar-refractivity contribution in [3.05, 3.63) is 0 Å². The molecular formula is C13H23N3O2. The lowest BCUT2D eigenvalue weighted by Gasteiger charge is -2.20. The van der Waals surface area contributed by atoms with Crippen molar-refractivity contribution in [3.63, 3.8) is 0 Å². The maximum Gasteiger partial charge on any atom is 0.225 e. The van der Waals surface area contributed by atoms with Crippen molar-refractivity contribution in [1.82, 2.24) is 10.2 Å². The van der Waals surface area contributed by atoms with Gasteiger partial charge in [-0.3, -0.25) is 9.59 Å². The van der Waals surface area contributed by atoms with Crippen molar-refractivity contribution in [2.24, 2.45) is 11.3 Å². The van der Waals surface area contributed by atoms with Gasteiger partial charge in [0, 0.05) is 32.0 Å². The van der Waals surface area contributed by atoms with E-state index in [1.54, 1.807) is 14.0 Å². The maximum atomic E-state index is 11.7. The quantitative estimate of drug-likeness (QED) is 0.799. The average molecular weight is 253 g/mol. The number of carbonyl (C=O) groups is 2. The predicted octanol–water partition coefficient (Wildman–Crippen LogP) is 1.16. The number of hydrogen-bond donors (Lipinski definition) is 1. The molecule has 0 bridgehead atoms. The van der Waals surface area contributed by atoms with E-state index in [9.17, 15) is 9.59 Å². The van der Waals surface area contributed by atoms with Gasteiger partial charge in [0.15, 0.2) is 0 Å². The number of amides is 2. The third-order valence-electron chi connectivity index (χ3n) is 2.50. The Kier molecular flexibility index (Phi) is 6.39. The third-order valence-corrected chi connectivity index (χ3v) is 2.50. The van der Waals surface area contributed by atoms with E-state index in [4.69, 9.17) is 5.26 Å². The van der Waals surface area contributed by atoms with E-state index >= 15 is 0 Å². The summed E-state index contributed by atoms with van der Waals surface area (Å²) in [5, 5.41) is 11.4. The van der Waals surface area contributed by atoms with Gasteiger partial charge in [-0.1, -0.05) is 20.8 Å². The zero-order valence-corrected chi connectivity index (χ0v) is 11.9. The van der Waals surface area contributed by atoms with Crippen LogP contribution in [0.4, 0.5) is 0 Å². The molecule has 1 atom stereocenters. The lowest BCUT2D eigenvalue weighted by Crippen LogP contribution is -2.38. The molecule has 5 nitrogen and oxygen atoms in total. The van der Waals surface area contributed by atoms with Gasteiger partial charge < -0.3 is 10.2 Å². The molecule has 0 aromatic heterocycles. The Morgan fingerprint density at radius 1 is 1.39 bits per heavy atom. The van der Waals surface area contributed by atoms with E-state index in [-0.39, 0.29) is 24.2 Å². The minimum Gasteiger partial charge on any atom is -0.355 e. The molecule has 0 aliphatic heterocycles. The molecule has 0 aliphatic rings. The molecule has 102 valence electrons. The fourth-order valence-electron chi connectivity index (χ4n) is 1.29. The topological polar surface area (TPSA) is 73.2 Å². The Balaban J connectivity index is 3.98. The van der Waals surface area contributed by atoms with Crippen molar-refractivity contribution in [2.75, 3.05) is 20.1 Å². The van der Waals surface area contributed by atoms with Gasteiger partial charge in [-0.15, -0.1) is 0 Å². The Bertz CT molecular complexity index is 339. The van der Waals surface area contributed by atoms with E-state index in [1.165, 1.54) is 4.90 Å². The van der Waals surface area contributed by atoms with Crippen molar-refractivity contribution in [1.29, 1.82) is 5.26 Å². The summed E-state index contributed by atoms with van der Waals surface area (Å²) in [6, 6.07) is 2.08. The number of nitriles is 1. The number of carbonyl (C=O) groups excluding carboxylic acids is 2. The Labute approximate surface area is 109 Å². The highest BCUT2D eigenvalue weighted by molar-refractivity contribution is 5.82. The third kappa shape index (κ3) is 6.24. The molecule has 0 rings (SSSR count). The van der Waals surface area contributed by atoms with Crippen LogP contribution in [0.5, 0.6) is 0 Å². The van der Waals surface area contributed by atoms with Gasteiger partial charge in [0.1, 0.15) is 0 Å². The molecule has 0 aromatic carbocycles. The molecule has 2 amide bonds. The molecule has 0 unspecified atom stereocenters. The second kappa shape index (κ2) is 7.00. The van der Waals surface area contributed by atoms with Gasteiger partial charge in [0.2, 0.25) is 11.8 Å². The molecule has 0 fully saturated rings. The van der Waals surface area contributed by atoms with Crippen LogP contribution in [0, 0.1) is 22.7 Å².